The minimum absolute atomic E-state index is 0.148. The number of benzene rings is 2. The average molecular weight is 307 g/mol. The molecule has 0 atom stereocenters. The molecule has 1 amide bonds. The van der Waals surface area contributed by atoms with Gasteiger partial charge in [0.15, 0.2) is 0 Å². The monoisotopic (exact) mass is 307 g/mol. The molecule has 23 heavy (non-hydrogen) atoms. The topological polar surface area (TPSA) is 63.1 Å². The molecule has 116 valence electrons. The van der Waals surface area contributed by atoms with E-state index in [0.29, 0.717) is 5.56 Å². The van der Waals surface area contributed by atoms with E-state index in [1.54, 1.807) is 14.0 Å². The summed E-state index contributed by atoms with van der Waals surface area (Å²) in [6.45, 7) is 1.79. The van der Waals surface area contributed by atoms with E-state index >= 15 is 0 Å². The molecule has 3 rings (SSSR count). The average Bonchev–Trinajstić information content (AvgIpc) is 2.59. The van der Waals surface area contributed by atoms with Crippen LogP contribution < -0.4 is 16.4 Å². The molecule has 2 N–H and O–H groups in total. The predicted molar refractivity (Wildman–Crippen MR) is 91.5 cm³/mol. The van der Waals surface area contributed by atoms with Crippen LogP contribution in [-0.2, 0) is 7.05 Å². The van der Waals surface area contributed by atoms with Crippen molar-refractivity contribution in [3.63, 3.8) is 0 Å². The molecule has 1 aromatic heterocycles. The molecule has 0 saturated carbocycles. The molecule has 0 saturated heterocycles. The van der Waals surface area contributed by atoms with E-state index in [1.165, 1.54) is 4.57 Å². The molecule has 0 spiro atoms. The highest BCUT2D eigenvalue weighted by Gasteiger charge is 2.18. The molecule has 3 aromatic rings. The number of carbonyl (C=O) groups excluding carboxylic acids is 1. The summed E-state index contributed by atoms with van der Waals surface area (Å²) >= 11 is 0. The van der Waals surface area contributed by atoms with Gasteiger partial charge in [0.1, 0.15) is 5.56 Å². The maximum Gasteiger partial charge on any atom is 0.275 e. The summed E-state index contributed by atoms with van der Waals surface area (Å²) in [5.74, 6) is -0.447. The number of hydrazine groups is 1. The van der Waals surface area contributed by atoms with Gasteiger partial charge in [-0.2, -0.15) is 0 Å². The molecule has 0 aliphatic carbocycles. The van der Waals surface area contributed by atoms with Gasteiger partial charge in [-0.15, -0.1) is 0 Å². The van der Waals surface area contributed by atoms with Crippen molar-refractivity contribution in [2.75, 3.05) is 5.43 Å². The molecular weight excluding hydrogens is 290 g/mol. The van der Waals surface area contributed by atoms with Crippen molar-refractivity contribution >= 4 is 22.5 Å². The number of aryl methyl sites for hydroxylation is 2. The van der Waals surface area contributed by atoms with Gasteiger partial charge >= 0.3 is 0 Å². The lowest BCUT2D eigenvalue weighted by Crippen LogP contribution is -2.36. The zero-order valence-electron chi connectivity index (χ0n) is 13.0. The number of para-hydroxylation sites is 2. The first kappa shape index (κ1) is 14.8. The Morgan fingerprint density at radius 2 is 1.65 bits per heavy atom. The normalized spacial score (nSPS) is 10.5. The van der Waals surface area contributed by atoms with Gasteiger partial charge in [0.25, 0.3) is 11.5 Å². The first-order valence-corrected chi connectivity index (χ1v) is 7.29. The number of pyridine rings is 1. The Balaban J connectivity index is 1.99. The van der Waals surface area contributed by atoms with Gasteiger partial charge in [-0.05, 0) is 30.7 Å². The quantitative estimate of drug-likeness (QED) is 0.731. The molecule has 0 fully saturated rings. The summed E-state index contributed by atoms with van der Waals surface area (Å²) in [6, 6.07) is 16.8. The Morgan fingerprint density at radius 3 is 2.39 bits per heavy atom. The Bertz CT molecular complexity index is 930. The second kappa shape index (κ2) is 5.96. The fraction of sp³-hybridized carbons (Fsp3) is 0.111. The van der Waals surface area contributed by atoms with Crippen molar-refractivity contribution in [1.82, 2.24) is 9.99 Å². The van der Waals surface area contributed by atoms with Gasteiger partial charge in [-0.1, -0.05) is 36.4 Å². The molecule has 0 unspecified atom stereocenters. The van der Waals surface area contributed by atoms with Crippen LogP contribution in [0.25, 0.3) is 10.9 Å². The number of hydrogen-bond acceptors (Lipinski definition) is 3. The number of nitrogens with zero attached hydrogens (tertiary/aromatic N) is 1. The Hall–Kier alpha value is -3.08. The van der Waals surface area contributed by atoms with E-state index in [2.05, 4.69) is 10.9 Å². The SMILES string of the molecule is Cc1c(C(=O)NNc2ccccc2)c(=O)n(C)c2ccccc12. The third-order valence-electron chi connectivity index (χ3n) is 3.88. The van der Waals surface area contributed by atoms with Crippen molar-refractivity contribution in [2.24, 2.45) is 7.05 Å². The van der Waals surface area contributed by atoms with Gasteiger partial charge in [0, 0.05) is 12.4 Å². The number of aromatic nitrogens is 1. The van der Waals surface area contributed by atoms with Crippen molar-refractivity contribution in [1.29, 1.82) is 0 Å². The standard InChI is InChI=1S/C18H17N3O2/c1-12-14-10-6-7-11-15(14)21(2)18(23)16(12)17(22)20-19-13-8-4-3-5-9-13/h3-11,19H,1-2H3,(H,20,22). The molecule has 5 nitrogen and oxygen atoms in total. The van der Waals surface area contributed by atoms with Crippen LogP contribution in [-0.4, -0.2) is 10.5 Å². The van der Waals surface area contributed by atoms with E-state index in [9.17, 15) is 9.59 Å². The zero-order valence-corrected chi connectivity index (χ0v) is 13.0. The highest BCUT2D eigenvalue weighted by Crippen LogP contribution is 2.18. The molecule has 1 heterocycles. The van der Waals surface area contributed by atoms with Crippen LogP contribution in [0.15, 0.2) is 59.4 Å². The molecule has 0 radical (unpaired) electrons. The number of fused-ring (bicyclic) bond motifs is 1. The third-order valence-corrected chi connectivity index (χ3v) is 3.88. The molecule has 2 aromatic carbocycles. The summed E-state index contributed by atoms with van der Waals surface area (Å²) in [5, 5.41) is 0.888. The summed E-state index contributed by atoms with van der Waals surface area (Å²) < 4.78 is 1.50. The number of amides is 1. The maximum atomic E-state index is 12.5. The Morgan fingerprint density at radius 1 is 1.00 bits per heavy atom. The van der Waals surface area contributed by atoms with E-state index in [1.807, 2.05) is 54.6 Å². The van der Waals surface area contributed by atoms with Crippen LogP contribution >= 0.6 is 0 Å². The van der Waals surface area contributed by atoms with Gasteiger partial charge < -0.3 is 4.57 Å². The van der Waals surface area contributed by atoms with Gasteiger partial charge in [0.05, 0.1) is 11.2 Å². The van der Waals surface area contributed by atoms with Crippen LogP contribution in [0.2, 0.25) is 0 Å². The molecule has 0 bridgehead atoms. The highest BCUT2D eigenvalue weighted by molar-refractivity contribution is 6.00. The van der Waals surface area contributed by atoms with E-state index < -0.39 is 5.91 Å². The Kier molecular flexibility index (Phi) is 3.85. The van der Waals surface area contributed by atoms with Gasteiger partial charge in [0.2, 0.25) is 0 Å². The summed E-state index contributed by atoms with van der Waals surface area (Å²) in [5.41, 5.74) is 7.47. The fourth-order valence-electron chi connectivity index (χ4n) is 2.64. The second-order valence-corrected chi connectivity index (χ2v) is 5.33. The molecule has 5 heteroatoms. The zero-order chi connectivity index (χ0) is 16.4. The Labute approximate surface area is 133 Å². The van der Waals surface area contributed by atoms with Crippen LogP contribution in [0, 0.1) is 6.92 Å². The molecule has 0 aliphatic rings. The summed E-state index contributed by atoms with van der Waals surface area (Å²) in [6.07, 6.45) is 0. The predicted octanol–water partition coefficient (Wildman–Crippen LogP) is 2.60. The van der Waals surface area contributed by atoms with E-state index in [4.69, 9.17) is 0 Å². The number of hydrogen-bond donors (Lipinski definition) is 2. The summed E-state index contributed by atoms with van der Waals surface area (Å²) in [4.78, 5) is 25.0. The first-order chi connectivity index (χ1) is 11.1. The molecular formula is C18H17N3O2. The van der Waals surface area contributed by atoms with Crippen LogP contribution in [0.4, 0.5) is 5.69 Å². The highest BCUT2D eigenvalue weighted by atomic mass is 16.2. The van der Waals surface area contributed by atoms with Crippen LogP contribution in [0.1, 0.15) is 15.9 Å². The number of carbonyl (C=O) groups is 1. The second-order valence-electron chi connectivity index (χ2n) is 5.33. The summed E-state index contributed by atoms with van der Waals surface area (Å²) in [7, 11) is 1.67. The van der Waals surface area contributed by atoms with Gasteiger partial charge in [-0.25, -0.2) is 0 Å². The van der Waals surface area contributed by atoms with E-state index in [0.717, 1.165) is 16.6 Å². The lowest BCUT2D eigenvalue weighted by Gasteiger charge is -2.13. The number of rotatable bonds is 3. The molecule has 0 aliphatic heterocycles. The largest absolute Gasteiger partial charge is 0.311 e. The smallest absolute Gasteiger partial charge is 0.275 e. The van der Waals surface area contributed by atoms with Gasteiger partial charge in [-0.3, -0.25) is 20.4 Å². The van der Waals surface area contributed by atoms with Crippen LogP contribution in [0.5, 0.6) is 0 Å². The van der Waals surface area contributed by atoms with Crippen molar-refractivity contribution in [3.8, 4) is 0 Å². The minimum atomic E-state index is -0.447. The van der Waals surface area contributed by atoms with Crippen molar-refractivity contribution in [2.45, 2.75) is 6.92 Å². The van der Waals surface area contributed by atoms with Crippen molar-refractivity contribution in [3.05, 3.63) is 76.1 Å². The lowest BCUT2D eigenvalue weighted by molar-refractivity contribution is 0.0960. The minimum Gasteiger partial charge on any atom is -0.311 e. The fourth-order valence-corrected chi connectivity index (χ4v) is 2.64. The number of anilines is 1. The van der Waals surface area contributed by atoms with Crippen LogP contribution in [0.3, 0.4) is 0 Å². The van der Waals surface area contributed by atoms with E-state index in [-0.39, 0.29) is 11.1 Å². The maximum absolute atomic E-state index is 12.5. The number of nitrogens with one attached hydrogen (secondary N) is 2. The third kappa shape index (κ3) is 2.68. The van der Waals surface area contributed by atoms with Crippen molar-refractivity contribution < 1.29 is 4.79 Å². The first-order valence-electron chi connectivity index (χ1n) is 7.29. The lowest BCUT2D eigenvalue weighted by atomic mass is 10.0.